The largest absolute Gasteiger partial charge is 0.330 e. The first-order valence-corrected chi connectivity index (χ1v) is 5.70. The minimum atomic E-state index is 0.784. The molecule has 1 saturated carbocycles. The van der Waals surface area contributed by atoms with Gasteiger partial charge in [0.2, 0.25) is 0 Å². The highest BCUT2D eigenvalue weighted by Crippen LogP contribution is 2.30. The molecule has 0 heterocycles. The predicted molar refractivity (Wildman–Crippen MR) is 57.7 cm³/mol. The van der Waals surface area contributed by atoms with Gasteiger partial charge in [0.1, 0.15) is 0 Å². The van der Waals surface area contributed by atoms with E-state index in [1.54, 1.807) is 0 Å². The van der Waals surface area contributed by atoms with Gasteiger partial charge in [0.05, 0.1) is 0 Å². The topological polar surface area (TPSA) is 29.3 Å². The molecule has 0 aromatic rings. The molecule has 13 heavy (non-hydrogen) atoms. The molecular weight excluding hydrogens is 160 g/mol. The Morgan fingerprint density at radius 3 is 2.54 bits per heavy atom. The van der Waals surface area contributed by atoms with E-state index < -0.39 is 0 Å². The third kappa shape index (κ3) is 2.96. The molecule has 0 aliphatic heterocycles. The van der Waals surface area contributed by atoms with Crippen LogP contribution in [0.5, 0.6) is 0 Å². The molecule has 2 unspecified atom stereocenters. The minimum absolute atomic E-state index is 0.784. The van der Waals surface area contributed by atoms with E-state index in [1.165, 1.54) is 38.6 Å². The van der Waals surface area contributed by atoms with Crippen LogP contribution in [0.25, 0.3) is 0 Å². The highest BCUT2D eigenvalue weighted by atomic mass is 15.1. The molecule has 0 aromatic carbocycles. The maximum atomic E-state index is 5.69. The van der Waals surface area contributed by atoms with E-state index in [4.69, 9.17) is 5.73 Å². The Balaban J connectivity index is 2.12. The van der Waals surface area contributed by atoms with Crippen LogP contribution in [0.2, 0.25) is 0 Å². The number of nitrogens with zero attached hydrogens (tertiary/aromatic N) is 1. The highest BCUT2D eigenvalue weighted by Gasteiger charge is 2.31. The van der Waals surface area contributed by atoms with Crippen LogP contribution in [0.4, 0.5) is 0 Å². The van der Waals surface area contributed by atoms with E-state index in [-0.39, 0.29) is 0 Å². The Labute approximate surface area is 82.5 Å². The van der Waals surface area contributed by atoms with Gasteiger partial charge in [-0.3, -0.25) is 0 Å². The molecule has 2 heteroatoms. The summed E-state index contributed by atoms with van der Waals surface area (Å²) in [5, 5.41) is 0. The SMILES string of the molecule is CCCCCN(C)C1CCC1CN. The summed E-state index contributed by atoms with van der Waals surface area (Å²) in [5.41, 5.74) is 5.69. The lowest BCUT2D eigenvalue weighted by Crippen LogP contribution is -2.48. The highest BCUT2D eigenvalue weighted by molar-refractivity contribution is 4.87. The Bertz CT molecular complexity index is 134. The summed E-state index contributed by atoms with van der Waals surface area (Å²) in [6, 6.07) is 0.793. The van der Waals surface area contributed by atoms with Crippen LogP contribution < -0.4 is 5.73 Å². The fraction of sp³-hybridized carbons (Fsp3) is 1.00. The second-order valence-corrected chi connectivity index (χ2v) is 4.33. The van der Waals surface area contributed by atoms with Crippen molar-refractivity contribution in [3.8, 4) is 0 Å². The van der Waals surface area contributed by atoms with E-state index >= 15 is 0 Å². The number of rotatable bonds is 6. The van der Waals surface area contributed by atoms with Crippen molar-refractivity contribution in [2.45, 2.75) is 45.1 Å². The first-order chi connectivity index (χ1) is 6.29. The van der Waals surface area contributed by atoms with Crippen LogP contribution >= 0.6 is 0 Å². The molecule has 78 valence electrons. The first-order valence-electron chi connectivity index (χ1n) is 5.70. The Morgan fingerprint density at radius 1 is 1.31 bits per heavy atom. The lowest BCUT2D eigenvalue weighted by molar-refractivity contribution is 0.0882. The van der Waals surface area contributed by atoms with Gasteiger partial charge in [-0.25, -0.2) is 0 Å². The summed E-state index contributed by atoms with van der Waals surface area (Å²) in [7, 11) is 2.25. The van der Waals surface area contributed by atoms with Crippen molar-refractivity contribution in [2.24, 2.45) is 11.7 Å². The fourth-order valence-electron chi connectivity index (χ4n) is 2.18. The van der Waals surface area contributed by atoms with Crippen molar-refractivity contribution >= 4 is 0 Å². The van der Waals surface area contributed by atoms with Crippen molar-refractivity contribution < 1.29 is 0 Å². The second kappa shape index (κ2) is 5.61. The summed E-state index contributed by atoms with van der Waals surface area (Å²) in [6.07, 6.45) is 6.74. The van der Waals surface area contributed by atoms with Crippen molar-refractivity contribution in [1.29, 1.82) is 0 Å². The van der Waals surface area contributed by atoms with Gasteiger partial charge >= 0.3 is 0 Å². The maximum Gasteiger partial charge on any atom is 0.0133 e. The van der Waals surface area contributed by atoms with Gasteiger partial charge in [-0.05, 0) is 45.3 Å². The molecule has 1 aliphatic rings. The smallest absolute Gasteiger partial charge is 0.0133 e. The number of nitrogens with two attached hydrogens (primary N) is 1. The van der Waals surface area contributed by atoms with Crippen LogP contribution in [0.3, 0.4) is 0 Å². The zero-order valence-corrected chi connectivity index (χ0v) is 9.13. The number of hydrogen-bond donors (Lipinski definition) is 1. The quantitative estimate of drug-likeness (QED) is 0.638. The normalized spacial score (nSPS) is 27.7. The molecule has 0 amide bonds. The minimum Gasteiger partial charge on any atom is -0.330 e. The zero-order chi connectivity index (χ0) is 9.68. The summed E-state index contributed by atoms with van der Waals surface area (Å²) >= 11 is 0. The molecule has 1 aliphatic carbocycles. The third-order valence-corrected chi connectivity index (χ3v) is 3.36. The van der Waals surface area contributed by atoms with E-state index in [0.717, 1.165) is 18.5 Å². The van der Waals surface area contributed by atoms with Crippen LogP contribution in [0.15, 0.2) is 0 Å². The van der Waals surface area contributed by atoms with Gasteiger partial charge in [-0.2, -0.15) is 0 Å². The van der Waals surface area contributed by atoms with E-state index in [1.807, 2.05) is 0 Å². The van der Waals surface area contributed by atoms with Crippen LogP contribution in [0.1, 0.15) is 39.0 Å². The summed E-state index contributed by atoms with van der Waals surface area (Å²) in [5.74, 6) is 0.784. The Hall–Kier alpha value is -0.0800. The lowest BCUT2D eigenvalue weighted by atomic mass is 9.78. The van der Waals surface area contributed by atoms with Crippen molar-refractivity contribution in [3.05, 3.63) is 0 Å². The second-order valence-electron chi connectivity index (χ2n) is 4.33. The van der Waals surface area contributed by atoms with Crippen LogP contribution in [-0.2, 0) is 0 Å². The van der Waals surface area contributed by atoms with Gasteiger partial charge in [0.15, 0.2) is 0 Å². The predicted octanol–water partition coefficient (Wildman–Crippen LogP) is 1.85. The van der Waals surface area contributed by atoms with Gasteiger partial charge in [0.25, 0.3) is 0 Å². The van der Waals surface area contributed by atoms with Gasteiger partial charge in [-0.1, -0.05) is 19.8 Å². The summed E-state index contributed by atoms with van der Waals surface area (Å²) in [6.45, 7) is 4.39. The summed E-state index contributed by atoms with van der Waals surface area (Å²) < 4.78 is 0. The molecule has 2 nitrogen and oxygen atoms in total. The van der Waals surface area contributed by atoms with Crippen molar-refractivity contribution in [2.75, 3.05) is 20.1 Å². The lowest BCUT2D eigenvalue weighted by Gasteiger charge is -2.42. The molecule has 0 bridgehead atoms. The molecule has 0 spiro atoms. The summed E-state index contributed by atoms with van der Waals surface area (Å²) in [4.78, 5) is 2.51. The molecule has 2 atom stereocenters. The van der Waals surface area contributed by atoms with Crippen molar-refractivity contribution in [1.82, 2.24) is 4.90 Å². The molecule has 0 radical (unpaired) electrons. The number of hydrogen-bond acceptors (Lipinski definition) is 2. The third-order valence-electron chi connectivity index (χ3n) is 3.36. The number of unbranched alkanes of at least 4 members (excludes halogenated alkanes) is 2. The van der Waals surface area contributed by atoms with E-state index in [9.17, 15) is 0 Å². The maximum absolute atomic E-state index is 5.69. The molecule has 0 saturated heterocycles. The van der Waals surface area contributed by atoms with Gasteiger partial charge in [0, 0.05) is 6.04 Å². The van der Waals surface area contributed by atoms with Crippen molar-refractivity contribution in [3.63, 3.8) is 0 Å². The Kier molecular flexibility index (Phi) is 4.74. The van der Waals surface area contributed by atoms with E-state index in [0.29, 0.717) is 0 Å². The van der Waals surface area contributed by atoms with Crippen LogP contribution in [0, 0.1) is 5.92 Å². The molecule has 1 rings (SSSR count). The fourth-order valence-corrected chi connectivity index (χ4v) is 2.18. The first kappa shape index (κ1) is 11.0. The van der Waals surface area contributed by atoms with E-state index in [2.05, 4.69) is 18.9 Å². The van der Waals surface area contributed by atoms with Crippen LogP contribution in [-0.4, -0.2) is 31.1 Å². The molecule has 0 aromatic heterocycles. The Morgan fingerprint density at radius 2 is 2.08 bits per heavy atom. The average molecular weight is 184 g/mol. The average Bonchev–Trinajstić information content (AvgIpc) is 2.03. The zero-order valence-electron chi connectivity index (χ0n) is 9.13. The molecule has 1 fully saturated rings. The molecule has 2 N–H and O–H groups in total. The monoisotopic (exact) mass is 184 g/mol. The molecular formula is C11H24N2. The van der Waals surface area contributed by atoms with Gasteiger partial charge in [-0.15, -0.1) is 0 Å². The standard InChI is InChI=1S/C11H24N2/c1-3-4-5-8-13(2)11-7-6-10(11)9-12/h10-11H,3-9,12H2,1-2H3. The van der Waals surface area contributed by atoms with Gasteiger partial charge < -0.3 is 10.6 Å².